The molecule has 0 heterocycles. The molecule has 1 atom stereocenters. The molecule has 4 heteroatoms. The van der Waals surface area contributed by atoms with Crippen molar-refractivity contribution in [2.24, 2.45) is 5.73 Å². The maximum atomic E-state index is 6.25. The molecule has 2 N–H and O–H groups in total. The molecule has 0 saturated carbocycles. The highest BCUT2D eigenvalue weighted by atomic mass is 35.5. The molecule has 1 rings (SSSR count). The normalized spacial score (nSPS) is 11.9. The zero-order valence-electron chi connectivity index (χ0n) is 11.5. The summed E-state index contributed by atoms with van der Waals surface area (Å²) in [7, 11) is 0. The quantitative estimate of drug-likeness (QED) is 0.888. The lowest BCUT2D eigenvalue weighted by molar-refractivity contribution is 0.337. The molecular weight excluding hydrogens is 269 g/mol. The van der Waals surface area contributed by atoms with Gasteiger partial charge in [-0.25, -0.2) is 0 Å². The van der Waals surface area contributed by atoms with E-state index in [0.29, 0.717) is 11.6 Å². The third-order valence-electron chi connectivity index (χ3n) is 3.20. The Bertz CT molecular complexity index is 394. The van der Waals surface area contributed by atoms with Gasteiger partial charge in [0.05, 0.1) is 11.6 Å². The molecule has 104 valence electrons. The van der Waals surface area contributed by atoms with Gasteiger partial charge < -0.3 is 10.5 Å². The molecule has 1 unspecified atom stereocenters. The fourth-order valence-corrected chi connectivity index (χ4v) is 2.21. The molecule has 2 nitrogen and oxygen atoms in total. The molecule has 0 aliphatic heterocycles. The van der Waals surface area contributed by atoms with E-state index in [0.717, 1.165) is 24.2 Å². The van der Waals surface area contributed by atoms with Gasteiger partial charge in [-0.15, -0.1) is 12.4 Å². The first kappa shape index (κ1) is 17.6. The van der Waals surface area contributed by atoms with Crippen molar-refractivity contribution in [3.63, 3.8) is 0 Å². The summed E-state index contributed by atoms with van der Waals surface area (Å²) in [5, 5.41) is 0.688. The minimum absolute atomic E-state index is 0. The maximum Gasteiger partial charge on any atom is 0.141 e. The van der Waals surface area contributed by atoms with Crippen molar-refractivity contribution in [3.05, 3.63) is 27.8 Å². The fourth-order valence-electron chi connectivity index (χ4n) is 1.88. The summed E-state index contributed by atoms with van der Waals surface area (Å²) in [6, 6.07) is 2.19. The Morgan fingerprint density at radius 3 is 2.39 bits per heavy atom. The Labute approximate surface area is 121 Å². The van der Waals surface area contributed by atoms with Crippen LogP contribution in [-0.4, -0.2) is 12.6 Å². The van der Waals surface area contributed by atoms with Gasteiger partial charge in [0.1, 0.15) is 5.75 Å². The van der Waals surface area contributed by atoms with Crippen molar-refractivity contribution in [1.82, 2.24) is 0 Å². The average molecular weight is 292 g/mol. The van der Waals surface area contributed by atoms with Gasteiger partial charge in [-0.2, -0.15) is 0 Å². The molecule has 18 heavy (non-hydrogen) atoms. The second kappa shape index (κ2) is 7.88. The fraction of sp³-hybridized carbons (Fsp3) is 0.571. The van der Waals surface area contributed by atoms with Crippen molar-refractivity contribution in [2.45, 2.75) is 46.6 Å². The van der Waals surface area contributed by atoms with E-state index in [9.17, 15) is 0 Å². The molecule has 1 aromatic rings. The van der Waals surface area contributed by atoms with Gasteiger partial charge >= 0.3 is 0 Å². The van der Waals surface area contributed by atoms with Crippen LogP contribution in [0.5, 0.6) is 5.75 Å². The zero-order chi connectivity index (χ0) is 13.0. The minimum Gasteiger partial charge on any atom is -0.492 e. The number of rotatable bonds is 5. The van der Waals surface area contributed by atoms with Crippen LogP contribution in [0.25, 0.3) is 0 Å². The van der Waals surface area contributed by atoms with Gasteiger partial charge in [0.15, 0.2) is 0 Å². The number of hydrogen-bond acceptors (Lipinski definition) is 2. The van der Waals surface area contributed by atoms with E-state index in [2.05, 4.69) is 13.8 Å². The highest BCUT2D eigenvalue weighted by Crippen LogP contribution is 2.33. The van der Waals surface area contributed by atoms with Crippen LogP contribution in [0.1, 0.15) is 37.0 Å². The zero-order valence-corrected chi connectivity index (χ0v) is 13.1. The number of nitrogens with two attached hydrogens (primary N) is 1. The summed E-state index contributed by atoms with van der Waals surface area (Å²) in [4.78, 5) is 0. The lowest BCUT2D eigenvalue weighted by Crippen LogP contribution is -2.22. The predicted octanol–water partition coefficient (Wildman–Crippen LogP) is 4.06. The summed E-state index contributed by atoms with van der Waals surface area (Å²) in [5.41, 5.74) is 9.58. The van der Waals surface area contributed by atoms with E-state index in [-0.39, 0.29) is 18.4 Å². The van der Waals surface area contributed by atoms with Gasteiger partial charge in [0.25, 0.3) is 0 Å². The third kappa shape index (κ3) is 4.04. The Balaban J connectivity index is 0.00000289. The molecule has 1 aromatic carbocycles. The molecule has 0 radical (unpaired) electrons. The molecule has 0 bridgehead atoms. The van der Waals surface area contributed by atoms with Crippen molar-refractivity contribution in [1.29, 1.82) is 0 Å². The van der Waals surface area contributed by atoms with Gasteiger partial charge in [0.2, 0.25) is 0 Å². The number of benzene rings is 1. The van der Waals surface area contributed by atoms with E-state index in [1.165, 1.54) is 11.1 Å². The summed E-state index contributed by atoms with van der Waals surface area (Å²) < 4.78 is 5.57. The lowest BCUT2D eigenvalue weighted by Gasteiger charge is -2.17. The molecule has 0 aliphatic rings. The Kier molecular flexibility index (Phi) is 7.69. The van der Waals surface area contributed by atoms with E-state index in [1.807, 2.05) is 19.9 Å². The third-order valence-corrected chi connectivity index (χ3v) is 3.48. The first-order chi connectivity index (χ1) is 8.01. The van der Waals surface area contributed by atoms with Gasteiger partial charge in [0, 0.05) is 6.04 Å². The summed E-state index contributed by atoms with van der Waals surface area (Å²) in [6.45, 7) is 8.85. The molecule has 0 spiro atoms. The number of ether oxygens (including phenoxy) is 1. The minimum atomic E-state index is 0. The van der Waals surface area contributed by atoms with Crippen LogP contribution in [0, 0.1) is 13.8 Å². The van der Waals surface area contributed by atoms with Crippen molar-refractivity contribution < 1.29 is 4.74 Å². The Morgan fingerprint density at radius 1 is 1.28 bits per heavy atom. The smallest absolute Gasteiger partial charge is 0.141 e. The lowest BCUT2D eigenvalue weighted by atomic mass is 9.96. The van der Waals surface area contributed by atoms with E-state index in [1.54, 1.807) is 0 Å². The van der Waals surface area contributed by atoms with Crippen molar-refractivity contribution >= 4 is 24.0 Å². The van der Waals surface area contributed by atoms with Crippen molar-refractivity contribution in [3.8, 4) is 5.75 Å². The van der Waals surface area contributed by atoms with E-state index >= 15 is 0 Å². The molecule has 0 amide bonds. The summed E-state index contributed by atoms with van der Waals surface area (Å²) in [5.74, 6) is 0.806. The second-order valence-electron chi connectivity index (χ2n) is 4.40. The van der Waals surface area contributed by atoms with Crippen LogP contribution in [0.15, 0.2) is 6.07 Å². The highest BCUT2D eigenvalue weighted by Gasteiger charge is 2.13. The Morgan fingerprint density at radius 2 is 1.89 bits per heavy atom. The molecule has 0 aliphatic carbocycles. The number of hydrogen-bond donors (Lipinski definition) is 1. The maximum absolute atomic E-state index is 6.25. The monoisotopic (exact) mass is 291 g/mol. The van der Waals surface area contributed by atoms with Gasteiger partial charge in [-0.05, 0) is 56.4 Å². The van der Waals surface area contributed by atoms with Crippen LogP contribution in [0.2, 0.25) is 5.02 Å². The van der Waals surface area contributed by atoms with Gasteiger partial charge in [-0.1, -0.05) is 18.5 Å². The predicted molar refractivity (Wildman–Crippen MR) is 81.3 cm³/mol. The molecule has 0 fully saturated rings. The van der Waals surface area contributed by atoms with E-state index < -0.39 is 0 Å². The topological polar surface area (TPSA) is 35.2 Å². The average Bonchev–Trinajstić information content (AvgIpc) is 2.31. The largest absolute Gasteiger partial charge is 0.492 e. The van der Waals surface area contributed by atoms with Crippen molar-refractivity contribution in [2.75, 3.05) is 6.61 Å². The summed E-state index contributed by atoms with van der Waals surface area (Å²) in [6.07, 6.45) is 1.85. The van der Waals surface area contributed by atoms with E-state index in [4.69, 9.17) is 22.1 Å². The van der Waals surface area contributed by atoms with Crippen LogP contribution in [-0.2, 0) is 6.42 Å². The molecular formula is C14H23Cl2NO. The highest BCUT2D eigenvalue weighted by molar-refractivity contribution is 6.32. The second-order valence-corrected chi connectivity index (χ2v) is 4.81. The Hall–Kier alpha value is -0.440. The standard InChI is InChI=1S/C14H22ClNO.ClH/c1-5-12(16)7-11-8-13(15)14(17-6-2)10(4)9(11)3;/h8,12H,5-7,16H2,1-4H3;1H. The summed E-state index contributed by atoms with van der Waals surface area (Å²) >= 11 is 6.25. The SMILES string of the molecule is CCOc1c(Cl)cc(CC(N)CC)c(C)c1C.Cl. The number of halogens is 2. The van der Waals surface area contributed by atoms with Crippen LogP contribution in [0.3, 0.4) is 0 Å². The first-order valence-corrected chi connectivity index (χ1v) is 6.55. The van der Waals surface area contributed by atoms with Crippen LogP contribution in [0.4, 0.5) is 0 Å². The molecule has 0 aromatic heterocycles. The van der Waals surface area contributed by atoms with Crippen LogP contribution >= 0.6 is 24.0 Å². The van der Waals surface area contributed by atoms with Crippen LogP contribution < -0.4 is 10.5 Å². The molecule has 0 saturated heterocycles. The van der Waals surface area contributed by atoms with Gasteiger partial charge in [-0.3, -0.25) is 0 Å². The first-order valence-electron chi connectivity index (χ1n) is 6.18.